The molecule has 0 aliphatic carbocycles. The minimum absolute atomic E-state index is 0.0191. The van der Waals surface area contributed by atoms with Crippen molar-refractivity contribution in [2.45, 2.75) is 0 Å². The van der Waals surface area contributed by atoms with E-state index in [4.69, 9.17) is 9.47 Å². The molecule has 1 aliphatic rings. The summed E-state index contributed by atoms with van der Waals surface area (Å²) in [7, 11) is 2.97. The molecule has 0 spiro atoms. The summed E-state index contributed by atoms with van der Waals surface area (Å²) < 4.78 is 37.8. The maximum Gasteiger partial charge on any atom is 0.282 e. The molecule has 0 aromatic heterocycles. The van der Waals surface area contributed by atoms with Crippen molar-refractivity contribution in [1.29, 1.82) is 0 Å². The Kier molecular flexibility index (Phi) is 5.59. The third-order valence-corrected chi connectivity index (χ3v) is 4.98. The van der Waals surface area contributed by atoms with Crippen LogP contribution >= 0.6 is 0 Å². The molecule has 0 atom stereocenters. The molecule has 3 aromatic carbocycles. The lowest BCUT2D eigenvalue weighted by Gasteiger charge is -2.16. The van der Waals surface area contributed by atoms with Crippen LogP contribution in [0.2, 0.25) is 0 Å². The van der Waals surface area contributed by atoms with E-state index in [9.17, 15) is 18.4 Å². The second-order valence-corrected chi connectivity index (χ2v) is 6.85. The van der Waals surface area contributed by atoms with Gasteiger partial charge in [0.25, 0.3) is 11.8 Å². The van der Waals surface area contributed by atoms with Gasteiger partial charge in [-0.25, -0.2) is 13.7 Å². The van der Waals surface area contributed by atoms with Crippen LogP contribution < -0.4 is 19.7 Å². The number of amides is 2. The highest BCUT2D eigenvalue weighted by Gasteiger charge is 2.40. The molecule has 3 aromatic rings. The highest BCUT2D eigenvalue weighted by atomic mass is 19.2. The fourth-order valence-corrected chi connectivity index (χ4v) is 3.41. The third-order valence-electron chi connectivity index (χ3n) is 4.98. The van der Waals surface area contributed by atoms with Crippen LogP contribution in [0.4, 0.5) is 20.2 Å². The molecule has 0 radical (unpaired) electrons. The maximum atomic E-state index is 13.8. The molecule has 0 saturated heterocycles. The normalized spacial score (nSPS) is 13.6. The highest BCUT2D eigenvalue weighted by molar-refractivity contribution is 6.46. The summed E-state index contributed by atoms with van der Waals surface area (Å²) in [5.41, 5.74) is 0.911. The van der Waals surface area contributed by atoms with Crippen molar-refractivity contribution in [3.05, 3.63) is 89.6 Å². The van der Waals surface area contributed by atoms with Crippen LogP contribution in [0.1, 0.15) is 5.56 Å². The van der Waals surface area contributed by atoms with Crippen LogP contribution in [0.3, 0.4) is 0 Å². The first-order valence-electron chi connectivity index (χ1n) is 9.57. The first-order chi connectivity index (χ1) is 15.4. The second kappa shape index (κ2) is 8.50. The predicted molar refractivity (Wildman–Crippen MR) is 115 cm³/mol. The van der Waals surface area contributed by atoms with Crippen LogP contribution in [-0.4, -0.2) is 26.0 Å². The molecule has 2 amide bonds. The van der Waals surface area contributed by atoms with E-state index in [1.165, 1.54) is 20.3 Å². The molecule has 0 bridgehead atoms. The largest absolute Gasteiger partial charge is 0.497 e. The van der Waals surface area contributed by atoms with E-state index in [0.717, 1.165) is 17.0 Å². The van der Waals surface area contributed by atoms with Gasteiger partial charge in [0.05, 0.1) is 31.2 Å². The minimum Gasteiger partial charge on any atom is -0.497 e. The zero-order valence-corrected chi connectivity index (χ0v) is 17.2. The monoisotopic (exact) mass is 436 g/mol. The number of carbonyl (C=O) groups is 2. The topological polar surface area (TPSA) is 67.9 Å². The van der Waals surface area contributed by atoms with E-state index in [1.54, 1.807) is 48.5 Å². The van der Waals surface area contributed by atoms with Crippen molar-refractivity contribution < 1.29 is 27.8 Å². The van der Waals surface area contributed by atoms with E-state index in [2.05, 4.69) is 5.32 Å². The molecule has 1 heterocycles. The molecule has 1 aliphatic heterocycles. The maximum absolute atomic E-state index is 13.8. The second-order valence-electron chi connectivity index (χ2n) is 6.85. The number of carbonyl (C=O) groups excluding carboxylic acids is 2. The molecular formula is C24H18F2N2O4. The van der Waals surface area contributed by atoms with Gasteiger partial charge in [-0.15, -0.1) is 0 Å². The zero-order chi connectivity index (χ0) is 22.8. The summed E-state index contributed by atoms with van der Waals surface area (Å²) >= 11 is 0. The smallest absolute Gasteiger partial charge is 0.282 e. The Balaban J connectivity index is 1.82. The van der Waals surface area contributed by atoms with Gasteiger partial charge in [-0.05, 0) is 29.8 Å². The Morgan fingerprint density at radius 2 is 1.56 bits per heavy atom. The molecule has 0 fully saturated rings. The van der Waals surface area contributed by atoms with Gasteiger partial charge in [0.15, 0.2) is 11.6 Å². The lowest BCUT2D eigenvalue weighted by atomic mass is 10.0. The summed E-state index contributed by atoms with van der Waals surface area (Å²) in [4.78, 5) is 27.4. The van der Waals surface area contributed by atoms with Crippen molar-refractivity contribution in [3.8, 4) is 11.5 Å². The number of halogens is 2. The average Bonchev–Trinajstić information content (AvgIpc) is 3.05. The van der Waals surface area contributed by atoms with E-state index < -0.39 is 23.4 Å². The lowest BCUT2D eigenvalue weighted by molar-refractivity contribution is -0.120. The quantitative estimate of drug-likeness (QED) is 0.581. The molecule has 162 valence electrons. The zero-order valence-electron chi connectivity index (χ0n) is 17.2. The highest BCUT2D eigenvalue weighted by Crippen LogP contribution is 2.37. The minimum atomic E-state index is -1.16. The van der Waals surface area contributed by atoms with E-state index in [-0.39, 0.29) is 17.0 Å². The van der Waals surface area contributed by atoms with Gasteiger partial charge in [0, 0.05) is 12.1 Å². The number of hydrogen-bond acceptors (Lipinski definition) is 5. The average molecular weight is 436 g/mol. The number of nitrogens with zero attached hydrogens (tertiary/aromatic N) is 1. The number of nitrogens with one attached hydrogen (secondary N) is 1. The van der Waals surface area contributed by atoms with Gasteiger partial charge < -0.3 is 14.8 Å². The third kappa shape index (κ3) is 3.66. The Bertz CT molecular complexity index is 1240. The molecule has 1 N–H and O–H groups in total. The van der Waals surface area contributed by atoms with Crippen LogP contribution in [0.5, 0.6) is 11.5 Å². The number of benzene rings is 3. The van der Waals surface area contributed by atoms with Crippen molar-refractivity contribution in [1.82, 2.24) is 0 Å². The van der Waals surface area contributed by atoms with Gasteiger partial charge in [-0.1, -0.05) is 30.3 Å². The summed E-state index contributed by atoms with van der Waals surface area (Å²) in [5, 5.41) is 2.99. The first kappa shape index (κ1) is 21.0. The first-order valence-corrected chi connectivity index (χ1v) is 9.57. The number of anilines is 2. The standard InChI is InChI=1S/C24H18F2N2O4/c1-31-16-9-11-19(20(13-16)32-2)27-22-21(14-6-4-3-5-7-14)23(29)28(24(22)30)15-8-10-17(25)18(26)12-15/h3-13,27H,1-2H3. The number of methoxy groups -OCH3 is 2. The molecule has 6 nitrogen and oxygen atoms in total. The number of rotatable bonds is 6. The molecule has 0 saturated carbocycles. The Hall–Kier alpha value is -4.20. The SMILES string of the molecule is COc1ccc(NC2=C(c3ccccc3)C(=O)N(c3ccc(F)c(F)c3)C2=O)c(OC)c1. The van der Waals surface area contributed by atoms with Crippen molar-refractivity contribution in [2.75, 3.05) is 24.4 Å². The Labute approximate surface area is 182 Å². The van der Waals surface area contributed by atoms with Gasteiger partial charge in [-0.2, -0.15) is 0 Å². The van der Waals surface area contributed by atoms with E-state index in [1.807, 2.05) is 0 Å². The van der Waals surface area contributed by atoms with Gasteiger partial charge >= 0.3 is 0 Å². The van der Waals surface area contributed by atoms with Crippen LogP contribution in [0.25, 0.3) is 5.57 Å². The van der Waals surface area contributed by atoms with E-state index >= 15 is 0 Å². The summed E-state index contributed by atoms with van der Waals surface area (Å²) in [5.74, 6) is -2.69. The van der Waals surface area contributed by atoms with Gasteiger partial charge in [0.1, 0.15) is 17.2 Å². The summed E-state index contributed by atoms with van der Waals surface area (Å²) in [6.45, 7) is 0. The molecular weight excluding hydrogens is 418 g/mol. The summed E-state index contributed by atoms with van der Waals surface area (Å²) in [6, 6.07) is 16.4. The molecule has 8 heteroatoms. The van der Waals surface area contributed by atoms with Crippen LogP contribution in [-0.2, 0) is 9.59 Å². The fraction of sp³-hybridized carbons (Fsp3) is 0.0833. The summed E-state index contributed by atoms with van der Waals surface area (Å²) in [6.07, 6.45) is 0. The molecule has 4 rings (SSSR count). The van der Waals surface area contributed by atoms with E-state index in [0.29, 0.717) is 22.7 Å². The van der Waals surface area contributed by atoms with Crippen molar-refractivity contribution >= 4 is 28.8 Å². The number of ether oxygens (including phenoxy) is 2. The number of hydrogen-bond donors (Lipinski definition) is 1. The van der Waals surface area contributed by atoms with Crippen molar-refractivity contribution in [2.24, 2.45) is 0 Å². The number of imide groups is 1. The van der Waals surface area contributed by atoms with Gasteiger partial charge in [0.2, 0.25) is 0 Å². The molecule has 0 unspecified atom stereocenters. The van der Waals surface area contributed by atoms with Gasteiger partial charge in [-0.3, -0.25) is 9.59 Å². The van der Waals surface area contributed by atoms with Crippen LogP contribution in [0, 0.1) is 11.6 Å². The Morgan fingerprint density at radius 3 is 2.22 bits per heavy atom. The fourth-order valence-electron chi connectivity index (χ4n) is 3.41. The lowest BCUT2D eigenvalue weighted by Crippen LogP contribution is -2.32. The predicted octanol–water partition coefficient (Wildman–Crippen LogP) is 4.38. The Morgan fingerprint density at radius 1 is 0.812 bits per heavy atom. The van der Waals surface area contributed by atoms with Crippen LogP contribution in [0.15, 0.2) is 72.4 Å². The van der Waals surface area contributed by atoms with Crippen molar-refractivity contribution in [3.63, 3.8) is 0 Å². The molecule has 32 heavy (non-hydrogen) atoms.